The highest BCUT2D eigenvalue weighted by Crippen LogP contribution is 2.15. The van der Waals surface area contributed by atoms with Gasteiger partial charge in [0.1, 0.15) is 5.76 Å². The number of nitrogens with two attached hydrogens (primary N) is 1. The first-order valence-electron chi connectivity index (χ1n) is 5.62. The predicted octanol–water partition coefficient (Wildman–Crippen LogP) is 3.45. The van der Waals surface area contributed by atoms with E-state index in [4.69, 9.17) is 10.5 Å². The molecule has 0 aliphatic rings. The Morgan fingerprint density at radius 3 is 2.40 bits per heavy atom. The summed E-state index contributed by atoms with van der Waals surface area (Å²) in [6.07, 6.45) is 6.74. The molecule has 0 bridgehead atoms. The third kappa shape index (κ3) is 8.10. The Bertz CT molecular complexity index is 223. The summed E-state index contributed by atoms with van der Waals surface area (Å²) in [4.78, 5) is 0. The fourth-order valence-corrected chi connectivity index (χ4v) is 0.847. The fraction of sp³-hybridized carbons (Fsp3) is 0.692. The van der Waals surface area contributed by atoms with E-state index in [2.05, 4.69) is 40.7 Å². The molecule has 0 aromatic heterocycles. The lowest BCUT2D eigenvalue weighted by molar-refractivity contribution is 0.135. The maximum absolute atomic E-state index is 5.60. The van der Waals surface area contributed by atoms with Crippen LogP contribution in [0.3, 0.4) is 0 Å². The predicted molar refractivity (Wildman–Crippen MR) is 66.3 cm³/mol. The maximum Gasteiger partial charge on any atom is 0.134 e. The quantitative estimate of drug-likeness (QED) is 0.558. The smallest absolute Gasteiger partial charge is 0.134 e. The second kappa shape index (κ2) is 6.54. The van der Waals surface area contributed by atoms with Crippen LogP contribution >= 0.6 is 0 Å². The highest BCUT2D eigenvalue weighted by molar-refractivity contribution is 5.11. The molecule has 0 aliphatic carbocycles. The average molecular weight is 211 g/mol. The number of rotatable bonds is 5. The number of ether oxygens (including phenoxy) is 1. The van der Waals surface area contributed by atoms with Crippen LogP contribution in [-0.2, 0) is 4.74 Å². The van der Waals surface area contributed by atoms with Crippen molar-refractivity contribution in [1.82, 2.24) is 0 Å². The minimum absolute atomic E-state index is 0.165. The molecule has 88 valence electrons. The van der Waals surface area contributed by atoms with Crippen molar-refractivity contribution in [3.8, 4) is 0 Å². The summed E-state index contributed by atoms with van der Waals surface area (Å²) in [5.74, 6) is 1.32. The van der Waals surface area contributed by atoms with Gasteiger partial charge in [-0.3, -0.25) is 0 Å². The van der Waals surface area contributed by atoms with Crippen LogP contribution in [0.5, 0.6) is 0 Å². The highest BCUT2D eigenvalue weighted by Gasteiger charge is 2.10. The molecule has 15 heavy (non-hydrogen) atoms. The van der Waals surface area contributed by atoms with E-state index < -0.39 is 0 Å². The molecule has 0 rings (SSSR count). The molecule has 0 saturated carbocycles. The van der Waals surface area contributed by atoms with Gasteiger partial charge in [-0.25, -0.2) is 0 Å². The van der Waals surface area contributed by atoms with Crippen LogP contribution in [0, 0.1) is 11.3 Å². The van der Waals surface area contributed by atoms with E-state index in [1.165, 1.54) is 6.20 Å². The molecule has 2 heteroatoms. The van der Waals surface area contributed by atoms with E-state index in [9.17, 15) is 0 Å². The Kier molecular flexibility index (Phi) is 6.14. The van der Waals surface area contributed by atoms with Crippen LogP contribution in [-0.4, -0.2) is 6.61 Å². The third-order valence-corrected chi connectivity index (χ3v) is 2.07. The van der Waals surface area contributed by atoms with Crippen LogP contribution in [0.15, 0.2) is 24.1 Å². The van der Waals surface area contributed by atoms with Gasteiger partial charge in [-0.05, 0) is 17.4 Å². The number of hydrogen-bond acceptors (Lipinski definition) is 2. The van der Waals surface area contributed by atoms with E-state index in [0.29, 0.717) is 12.5 Å². The first-order chi connectivity index (χ1) is 6.89. The van der Waals surface area contributed by atoms with E-state index in [0.717, 1.165) is 12.2 Å². The van der Waals surface area contributed by atoms with Gasteiger partial charge >= 0.3 is 0 Å². The molecule has 0 aromatic rings. The van der Waals surface area contributed by atoms with Crippen LogP contribution in [0.4, 0.5) is 0 Å². The van der Waals surface area contributed by atoms with Gasteiger partial charge in [0.2, 0.25) is 0 Å². The van der Waals surface area contributed by atoms with Gasteiger partial charge in [-0.1, -0.05) is 47.1 Å². The number of hydrogen-bond donors (Lipinski definition) is 1. The summed E-state index contributed by atoms with van der Waals surface area (Å²) < 4.78 is 5.60. The minimum Gasteiger partial charge on any atom is -0.492 e. The van der Waals surface area contributed by atoms with Gasteiger partial charge in [0.15, 0.2) is 0 Å². The first-order valence-corrected chi connectivity index (χ1v) is 5.62. The standard InChI is InChI=1S/C13H25NO/c1-6-11(2)7-8-12(9-14)15-10-13(3,4)5/h7-9,11H,6,10,14H2,1-5H3/b8-7-,12-9+. The number of allylic oxidation sites excluding steroid dienone is 2. The van der Waals surface area contributed by atoms with Crippen LogP contribution in [0.2, 0.25) is 0 Å². The Morgan fingerprint density at radius 2 is 2.00 bits per heavy atom. The molecule has 2 nitrogen and oxygen atoms in total. The Morgan fingerprint density at radius 1 is 1.40 bits per heavy atom. The lowest BCUT2D eigenvalue weighted by Crippen LogP contribution is -2.14. The van der Waals surface area contributed by atoms with E-state index >= 15 is 0 Å². The largest absolute Gasteiger partial charge is 0.492 e. The summed E-state index contributed by atoms with van der Waals surface area (Å²) in [6, 6.07) is 0. The molecule has 0 fully saturated rings. The van der Waals surface area contributed by atoms with Crippen molar-refractivity contribution >= 4 is 0 Å². The molecular formula is C13H25NO. The highest BCUT2D eigenvalue weighted by atomic mass is 16.5. The average Bonchev–Trinajstić information content (AvgIpc) is 2.16. The zero-order chi connectivity index (χ0) is 11.9. The Labute approximate surface area is 94.2 Å². The van der Waals surface area contributed by atoms with Crippen LogP contribution in [0.1, 0.15) is 41.0 Å². The Balaban J connectivity index is 4.12. The normalized spacial score (nSPS) is 15.7. The molecule has 0 aromatic carbocycles. The molecule has 0 aliphatic heterocycles. The van der Waals surface area contributed by atoms with E-state index in [-0.39, 0.29) is 5.41 Å². The molecular weight excluding hydrogens is 186 g/mol. The summed E-state index contributed by atoms with van der Waals surface area (Å²) in [5, 5.41) is 0. The van der Waals surface area contributed by atoms with Crippen molar-refractivity contribution in [2.24, 2.45) is 17.1 Å². The molecule has 0 radical (unpaired) electrons. The van der Waals surface area contributed by atoms with Crippen molar-refractivity contribution in [2.45, 2.75) is 41.0 Å². The SMILES string of the molecule is CCC(C)/C=C\C(=C/N)OCC(C)(C)C. The lowest BCUT2D eigenvalue weighted by atomic mass is 9.99. The van der Waals surface area contributed by atoms with Crippen molar-refractivity contribution in [3.05, 3.63) is 24.1 Å². The summed E-state index contributed by atoms with van der Waals surface area (Å²) in [5.41, 5.74) is 5.66. The van der Waals surface area contributed by atoms with Crippen molar-refractivity contribution < 1.29 is 4.74 Å². The van der Waals surface area contributed by atoms with Gasteiger partial charge in [-0.15, -0.1) is 0 Å². The minimum atomic E-state index is 0.165. The van der Waals surface area contributed by atoms with Crippen molar-refractivity contribution in [1.29, 1.82) is 0 Å². The van der Waals surface area contributed by atoms with Crippen LogP contribution < -0.4 is 5.73 Å². The molecule has 1 unspecified atom stereocenters. The molecule has 1 atom stereocenters. The zero-order valence-corrected chi connectivity index (χ0v) is 10.7. The first kappa shape index (κ1) is 14.1. The van der Waals surface area contributed by atoms with Gasteiger partial charge in [0.25, 0.3) is 0 Å². The molecule has 0 heterocycles. The van der Waals surface area contributed by atoms with Gasteiger partial charge in [-0.2, -0.15) is 0 Å². The summed E-state index contributed by atoms with van der Waals surface area (Å²) in [6.45, 7) is 11.4. The molecule has 0 amide bonds. The van der Waals surface area contributed by atoms with Gasteiger partial charge < -0.3 is 10.5 Å². The van der Waals surface area contributed by atoms with Gasteiger partial charge in [0, 0.05) is 6.20 Å². The van der Waals surface area contributed by atoms with Crippen LogP contribution in [0.25, 0.3) is 0 Å². The van der Waals surface area contributed by atoms with Gasteiger partial charge in [0.05, 0.1) is 6.61 Å². The Hall–Kier alpha value is -0.920. The fourth-order valence-electron chi connectivity index (χ4n) is 0.847. The topological polar surface area (TPSA) is 35.2 Å². The third-order valence-electron chi connectivity index (χ3n) is 2.07. The van der Waals surface area contributed by atoms with E-state index in [1.807, 2.05) is 6.08 Å². The molecule has 0 saturated heterocycles. The monoisotopic (exact) mass is 211 g/mol. The maximum atomic E-state index is 5.60. The molecule has 0 spiro atoms. The van der Waals surface area contributed by atoms with Crippen molar-refractivity contribution in [3.63, 3.8) is 0 Å². The second-order valence-corrected chi connectivity index (χ2v) is 5.16. The summed E-state index contributed by atoms with van der Waals surface area (Å²) in [7, 11) is 0. The molecule has 2 N–H and O–H groups in total. The lowest BCUT2D eigenvalue weighted by Gasteiger charge is -2.19. The zero-order valence-electron chi connectivity index (χ0n) is 10.7. The second-order valence-electron chi connectivity index (χ2n) is 5.16. The summed E-state index contributed by atoms with van der Waals surface area (Å²) >= 11 is 0. The van der Waals surface area contributed by atoms with Crippen molar-refractivity contribution in [2.75, 3.05) is 6.61 Å². The van der Waals surface area contributed by atoms with E-state index in [1.54, 1.807) is 0 Å².